The molecule has 0 saturated carbocycles. The zero-order valence-electron chi connectivity index (χ0n) is 15.3. The van der Waals surface area contributed by atoms with Crippen LogP contribution >= 0.6 is 11.6 Å². The Hall–Kier alpha value is -1.15. The summed E-state index contributed by atoms with van der Waals surface area (Å²) < 4.78 is 5.56. The minimum absolute atomic E-state index is 0.153. The summed E-state index contributed by atoms with van der Waals surface area (Å²) in [5, 5.41) is 16.3. The third-order valence-electron chi connectivity index (χ3n) is 3.90. The number of methoxy groups -OCH3 is 1. The molecule has 0 saturated heterocycles. The number of anilines is 2. The molecule has 0 spiro atoms. The van der Waals surface area contributed by atoms with Gasteiger partial charge in [0.1, 0.15) is 17.2 Å². The van der Waals surface area contributed by atoms with Gasteiger partial charge < -0.3 is 25.6 Å². The number of aliphatic hydroxyl groups excluding tert-OH is 2. The number of nitrogens with two attached hydrogens (primary N) is 1. The maximum atomic E-state index is 8.92. The summed E-state index contributed by atoms with van der Waals surface area (Å²) >= 11 is 6.30. The van der Waals surface area contributed by atoms with Gasteiger partial charge >= 0.3 is 0 Å². The van der Waals surface area contributed by atoms with Gasteiger partial charge in [0.05, 0.1) is 0 Å². The standard InChI is InChI=1S/C15H27ClN4O2.CH4O/c1-5-10(2)12-13(16)18-15(17)19-14(12)20(3)11(22-4)8-6-7-9-21;1-2/h10-11,21H,5-9H2,1-4H3,(H2,17,18,19);2H,1H3. The largest absolute Gasteiger partial charge is 0.400 e. The molecule has 24 heavy (non-hydrogen) atoms. The van der Waals surface area contributed by atoms with E-state index in [9.17, 15) is 0 Å². The first-order chi connectivity index (χ1) is 11.5. The first kappa shape index (κ1) is 22.9. The molecule has 0 bridgehead atoms. The van der Waals surface area contributed by atoms with Crippen LogP contribution in [-0.2, 0) is 4.74 Å². The molecular formula is C16H31ClN4O3. The van der Waals surface area contributed by atoms with Crippen molar-refractivity contribution in [2.45, 2.75) is 51.7 Å². The molecule has 8 heteroatoms. The summed E-state index contributed by atoms with van der Waals surface area (Å²) in [7, 11) is 4.58. The van der Waals surface area contributed by atoms with Gasteiger partial charge in [0.25, 0.3) is 0 Å². The van der Waals surface area contributed by atoms with Crippen molar-refractivity contribution in [3.8, 4) is 0 Å². The highest BCUT2D eigenvalue weighted by Gasteiger charge is 2.24. The number of unbranched alkanes of at least 4 members (excludes halogenated alkanes) is 1. The second-order valence-electron chi connectivity index (χ2n) is 5.44. The van der Waals surface area contributed by atoms with Crippen LogP contribution in [0.25, 0.3) is 0 Å². The maximum absolute atomic E-state index is 8.92. The van der Waals surface area contributed by atoms with Crippen LogP contribution in [0, 0.1) is 0 Å². The lowest BCUT2D eigenvalue weighted by molar-refractivity contribution is 0.0913. The normalized spacial score (nSPS) is 13.0. The Morgan fingerprint density at radius 3 is 2.42 bits per heavy atom. The summed E-state index contributed by atoms with van der Waals surface area (Å²) in [6.07, 6.45) is 3.18. The maximum Gasteiger partial charge on any atom is 0.223 e. The number of rotatable bonds is 9. The van der Waals surface area contributed by atoms with Gasteiger partial charge in [0.15, 0.2) is 0 Å². The van der Waals surface area contributed by atoms with Gasteiger partial charge in [-0.15, -0.1) is 0 Å². The number of halogens is 1. The smallest absolute Gasteiger partial charge is 0.223 e. The summed E-state index contributed by atoms with van der Waals surface area (Å²) in [5.74, 6) is 1.09. The molecule has 0 aliphatic rings. The monoisotopic (exact) mass is 362 g/mol. The van der Waals surface area contributed by atoms with E-state index in [1.54, 1.807) is 7.11 Å². The number of hydrogen-bond acceptors (Lipinski definition) is 7. The summed E-state index contributed by atoms with van der Waals surface area (Å²) in [5.41, 5.74) is 6.66. The number of aromatic nitrogens is 2. The third-order valence-corrected chi connectivity index (χ3v) is 4.19. The van der Waals surface area contributed by atoms with E-state index in [0.29, 0.717) is 11.0 Å². The Kier molecular flexibility index (Phi) is 11.7. The van der Waals surface area contributed by atoms with Gasteiger partial charge in [-0.3, -0.25) is 0 Å². The molecular weight excluding hydrogens is 332 g/mol. The van der Waals surface area contributed by atoms with E-state index in [1.807, 2.05) is 11.9 Å². The number of aliphatic hydroxyl groups is 2. The highest BCUT2D eigenvalue weighted by atomic mass is 35.5. The third kappa shape index (κ3) is 6.39. The van der Waals surface area contributed by atoms with E-state index >= 15 is 0 Å². The first-order valence-corrected chi connectivity index (χ1v) is 8.48. The summed E-state index contributed by atoms with van der Waals surface area (Å²) in [6.45, 7) is 4.37. The molecule has 1 aromatic heterocycles. The quantitative estimate of drug-likeness (QED) is 0.352. The summed E-state index contributed by atoms with van der Waals surface area (Å²) in [6, 6.07) is 0. The molecule has 7 nitrogen and oxygen atoms in total. The molecule has 140 valence electrons. The lowest BCUT2D eigenvalue weighted by atomic mass is 10.00. The number of hydrogen-bond donors (Lipinski definition) is 3. The molecule has 0 aliphatic heterocycles. The highest BCUT2D eigenvalue weighted by Crippen LogP contribution is 2.34. The number of nitrogens with zero attached hydrogens (tertiary/aromatic N) is 3. The van der Waals surface area contributed by atoms with E-state index in [2.05, 4.69) is 23.8 Å². The fourth-order valence-electron chi connectivity index (χ4n) is 2.38. The van der Waals surface area contributed by atoms with Gasteiger partial charge in [-0.1, -0.05) is 25.4 Å². The van der Waals surface area contributed by atoms with Crippen LogP contribution in [-0.4, -0.2) is 54.3 Å². The van der Waals surface area contributed by atoms with E-state index in [-0.39, 0.29) is 24.7 Å². The molecule has 0 amide bonds. The van der Waals surface area contributed by atoms with Crippen LogP contribution < -0.4 is 10.6 Å². The van der Waals surface area contributed by atoms with Crippen molar-refractivity contribution in [1.82, 2.24) is 9.97 Å². The van der Waals surface area contributed by atoms with Crippen LogP contribution in [0.2, 0.25) is 5.15 Å². The summed E-state index contributed by atoms with van der Waals surface area (Å²) in [4.78, 5) is 10.4. The van der Waals surface area contributed by atoms with E-state index in [4.69, 9.17) is 32.3 Å². The van der Waals surface area contributed by atoms with Gasteiger partial charge in [-0.2, -0.15) is 4.98 Å². The fourth-order valence-corrected chi connectivity index (χ4v) is 2.74. The van der Waals surface area contributed by atoms with Crippen molar-refractivity contribution in [3.05, 3.63) is 10.7 Å². The Balaban J connectivity index is 0.00000254. The van der Waals surface area contributed by atoms with Crippen molar-refractivity contribution >= 4 is 23.4 Å². The molecule has 1 aromatic rings. The average Bonchev–Trinajstić information content (AvgIpc) is 2.58. The molecule has 0 radical (unpaired) electrons. The molecule has 0 aliphatic carbocycles. The lowest BCUT2D eigenvalue weighted by Gasteiger charge is -2.30. The predicted octanol–water partition coefficient (Wildman–Crippen LogP) is 2.41. The fraction of sp³-hybridized carbons (Fsp3) is 0.750. The minimum atomic E-state index is -0.153. The highest BCUT2D eigenvalue weighted by molar-refractivity contribution is 6.30. The SMILES string of the molecule is CCC(C)c1c(Cl)nc(N)nc1N(C)C(CCCCO)OC.CO. The van der Waals surface area contributed by atoms with Crippen molar-refractivity contribution in [2.75, 3.05) is 38.5 Å². The van der Waals surface area contributed by atoms with Crippen molar-refractivity contribution in [3.63, 3.8) is 0 Å². The van der Waals surface area contributed by atoms with E-state index in [1.165, 1.54) is 0 Å². The molecule has 2 unspecified atom stereocenters. The Labute approximate surface area is 149 Å². The van der Waals surface area contributed by atoms with Crippen molar-refractivity contribution in [2.24, 2.45) is 0 Å². The van der Waals surface area contributed by atoms with Gasteiger partial charge in [-0.05, 0) is 31.6 Å². The Morgan fingerprint density at radius 1 is 1.29 bits per heavy atom. The minimum Gasteiger partial charge on any atom is -0.400 e. The van der Waals surface area contributed by atoms with Crippen molar-refractivity contribution in [1.29, 1.82) is 0 Å². The van der Waals surface area contributed by atoms with E-state index < -0.39 is 0 Å². The second kappa shape index (κ2) is 12.2. The second-order valence-corrected chi connectivity index (χ2v) is 5.80. The number of ether oxygens (including phenoxy) is 1. The lowest BCUT2D eigenvalue weighted by Crippen LogP contribution is -2.35. The van der Waals surface area contributed by atoms with Gasteiger partial charge in [0, 0.05) is 33.4 Å². The van der Waals surface area contributed by atoms with Gasteiger partial charge in [0.2, 0.25) is 5.95 Å². The Morgan fingerprint density at radius 2 is 1.92 bits per heavy atom. The molecule has 0 fully saturated rings. The first-order valence-electron chi connectivity index (χ1n) is 8.10. The molecule has 1 rings (SSSR count). The Bertz CT molecular complexity index is 477. The zero-order valence-corrected chi connectivity index (χ0v) is 16.0. The zero-order chi connectivity index (χ0) is 18.7. The van der Waals surface area contributed by atoms with E-state index in [0.717, 1.165) is 38.4 Å². The van der Waals surface area contributed by atoms with Crippen LogP contribution in [0.4, 0.5) is 11.8 Å². The molecule has 2 atom stereocenters. The predicted molar refractivity (Wildman–Crippen MR) is 98.4 cm³/mol. The van der Waals surface area contributed by atoms with Gasteiger partial charge in [-0.25, -0.2) is 4.98 Å². The van der Waals surface area contributed by atoms with Crippen LogP contribution in [0.1, 0.15) is 51.0 Å². The molecule has 1 heterocycles. The molecule has 4 N–H and O–H groups in total. The van der Waals surface area contributed by atoms with Crippen LogP contribution in [0.5, 0.6) is 0 Å². The number of nitrogen functional groups attached to an aromatic ring is 1. The van der Waals surface area contributed by atoms with Crippen LogP contribution in [0.15, 0.2) is 0 Å². The van der Waals surface area contributed by atoms with Crippen LogP contribution in [0.3, 0.4) is 0 Å². The topological polar surface area (TPSA) is 105 Å². The van der Waals surface area contributed by atoms with Crippen molar-refractivity contribution < 1.29 is 14.9 Å². The molecule has 0 aromatic carbocycles. The average molecular weight is 363 g/mol.